The number of anilines is 1. The van der Waals surface area contributed by atoms with Gasteiger partial charge in [0.15, 0.2) is 0 Å². The number of rotatable bonds is 10. The molecular weight excluding hydrogens is 515 g/mol. The molecule has 0 saturated carbocycles. The first-order chi connectivity index (χ1) is 17.9. The highest BCUT2D eigenvalue weighted by atomic mass is 35.5. The summed E-state index contributed by atoms with van der Waals surface area (Å²) in [5, 5.41) is 14.1. The van der Waals surface area contributed by atoms with Gasteiger partial charge in [0, 0.05) is 51.5 Å². The SMILES string of the molecule is CCOc1ccccc1N1CCN(CC(O)CNC(=O)c2cccnc2Oc2ccc(Cl)c(Cl)c2)CC1. The zero-order valence-electron chi connectivity index (χ0n) is 20.6. The molecule has 1 saturated heterocycles. The quantitative estimate of drug-likeness (QED) is 0.388. The van der Waals surface area contributed by atoms with Crippen LogP contribution in [0.5, 0.6) is 17.4 Å². The van der Waals surface area contributed by atoms with Crippen LogP contribution in [-0.2, 0) is 0 Å². The Morgan fingerprint density at radius 3 is 2.62 bits per heavy atom. The first-order valence-corrected chi connectivity index (χ1v) is 12.9. The number of aliphatic hydroxyl groups excluding tert-OH is 1. The van der Waals surface area contributed by atoms with Crippen molar-refractivity contribution < 1.29 is 19.4 Å². The van der Waals surface area contributed by atoms with E-state index in [1.807, 2.05) is 25.1 Å². The fourth-order valence-corrected chi connectivity index (χ4v) is 4.42. The Morgan fingerprint density at radius 2 is 1.86 bits per heavy atom. The normalized spacial score (nSPS) is 14.8. The summed E-state index contributed by atoms with van der Waals surface area (Å²) in [6.07, 6.45) is 0.813. The number of carbonyl (C=O) groups is 1. The van der Waals surface area contributed by atoms with Gasteiger partial charge in [-0.05, 0) is 43.3 Å². The molecular formula is C27H30Cl2N4O4. The van der Waals surface area contributed by atoms with Gasteiger partial charge in [0.2, 0.25) is 5.88 Å². The summed E-state index contributed by atoms with van der Waals surface area (Å²) in [4.78, 5) is 21.5. The van der Waals surface area contributed by atoms with E-state index < -0.39 is 6.10 Å². The lowest BCUT2D eigenvalue weighted by molar-refractivity contribution is 0.0849. The molecule has 1 atom stereocenters. The van der Waals surface area contributed by atoms with E-state index in [0.717, 1.165) is 37.6 Å². The van der Waals surface area contributed by atoms with Crippen molar-refractivity contribution in [2.75, 3.05) is 50.8 Å². The summed E-state index contributed by atoms with van der Waals surface area (Å²) in [5.74, 6) is 1.04. The monoisotopic (exact) mass is 544 g/mol. The van der Waals surface area contributed by atoms with Crippen molar-refractivity contribution in [1.82, 2.24) is 15.2 Å². The van der Waals surface area contributed by atoms with Crippen LogP contribution in [-0.4, -0.2) is 72.9 Å². The Labute approximate surface area is 226 Å². The second-order valence-corrected chi connectivity index (χ2v) is 9.40. The smallest absolute Gasteiger partial charge is 0.256 e. The van der Waals surface area contributed by atoms with Crippen LogP contribution in [0.3, 0.4) is 0 Å². The molecule has 8 nitrogen and oxygen atoms in total. The molecule has 1 aliphatic rings. The predicted molar refractivity (Wildman–Crippen MR) is 145 cm³/mol. The number of ether oxygens (including phenoxy) is 2. The van der Waals surface area contributed by atoms with E-state index in [2.05, 4.69) is 26.2 Å². The van der Waals surface area contributed by atoms with Crippen LogP contribution in [0.15, 0.2) is 60.8 Å². The van der Waals surface area contributed by atoms with E-state index in [4.69, 9.17) is 32.7 Å². The number of para-hydroxylation sites is 2. The van der Waals surface area contributed by atoms with E-state index in [-0.39, 0.29) is 23.9 Å². The maximum absolute atomic E-state index is 12.8. The molecule has 3 aromatic rings. The number of β-amino-alcohol motifs (C(OH)–C–C–N with tert-alkyl or cyclic N) is 1. The minimum absolute atomic E-state index is 0.104. The molecule has 2 heterocycles. The molecule has 2 aromatic carbocycles. The van der Waals surface area contributed by atoms with Crippen LogP contribution in [0.2, 0.25) is 10.0 Å². The summed E-state index contributed by atoms with van der Waals surface area (Å²) in [7, 11) is 0. The molecule has 1 unspecified atom stereocenters. The van der Waals surface area contributed by atoms with Crippen LogP contribution in [0.1, 0.15) is 17.3 Å². The number of halogens is 2. The average Bonchev–Trinajstić information content (AvgIpc) is 2.91. The van der Waals surface area contributed by atoms with Crippen molar-refractivity contribution >= 4 is 34.8 Å². The fourth-order valence-electron chi connectivity index (χ4n) is 4.13. The largest absolute Gasteiger partial charge is 0.492 e. The molecule has 1 aromatic heterocycles. The molecule has 2 N–H and O–H groups in total. The molecule has 4 rings (SSSR count). The number of amides is 1. The van der Waals surface area contributed by atoms with Gasteiger partial charge in [0.1, 0.15) is 17.1 Å². The highest BCUT2D eigenvalue weighted by Crippen LogP contribution is 2.30. The third-order valence-corrected chi connectivity index (χ3v) is 6.71. The zero-order valence-corrected chi connectivity index (χ0v) is 22.1. The number of pyridine rings is 1. The molecule has 1 fully saturated rings. The molecule has 0 aliphatic carbocycles. The Bertz CT molecular complexity index is 1200. The first-order valence-electron chi connectivity index (χ1n) is 12.2. The van der Waals surface area contributed by atoms with E-state index in [0.29, 0.717) is 28.9 Å². The number of benzene rings is 2. The van der Waals surface area contributed by atoms with Crippen molar-refractivity contribution in [3.8, 4) is 17.4 Å². The second-order valence-electron chi connectivity index (χ2n) is 8.59. The fraction of sp³-hybridized carbons (Fsp3) is 0.333. The summed E-state index contributed by atoms with van der Waals surface area (Å²) in [5.41, 5.74) is 1.34. The number of piperazine rings is 1. The summed E-state index contributed by atoms with van der Waals surface area (Å²) in [6.45, 7) is 6.42. The Hall–Kier alpha value is -3.04. The van der Waals surface area contributed by atoms with Crippen molar-refractivity contribution in [1.29, 1.82) is 0 Å². The van der Waals surface area contributed by atoms with Gasteiger partial charge in [-0.15, -0.1) is 0 Å². The predicted octanol–water partition coefficient (Wildman–Crippen LogP) is 4.49. The van der Waals surface area contributed by atoms with Crippen molar-refractivity contribution in [2.45, 2.75) is 13.0 Å². The Morgan fingerprint density at radius 1 is 1.08 bits per heavy atom. The van der Waals surface area contributed by atoms with Gasteiger partial charge in [-0.1, -0.05) is 35.3 Å². The third kappa shape index (κ3) is 7.26. The second kappa shape index (κ2) is 13.0. The van der Waals surface area contributed by atoms with Crippen LogP contribution >= 0.6 is 23.2 Å². The van der Waals surface area contributed by atoms with Crippen LogP contribution in [0, 0.1) is 0 Å². The van der Waals surface area contributed by atoms with Gasteiger partial charge in [0.05, 0.1) is 28.4 Å². The van der Waals surface area contributed by atoms with Gasteiger partial charge in [0.25, 0.3) is 5.91 Å². The molecule has 37 heavy (non-hydrogen) atoms. The van der Waals surface area contributed by atoms with Gasteiger partial charge < -0.3 is 24.8 Å². The standard InChI is InChI=1S/C27H30Cl2N4O4/c1-2-36-25-8-4-3-7-24(25)33-14-12-32(13-15-33)18-19(34)17-31-26(35)21-6-5-11-30-27(21)37-20-9-10-22(28)23(29)16-20/h3-11,16,19,34H,2,12-15,17-18H2,1H3,(H,31,35). The van der Waals surface area contributed by atoms with Gasteiger partial charge in [-0.2, -0.15) is 0 Å². The van der Waals surface area contributed by atoms with Crippen LogP contribution in [0.25, 0.3) is 0 Å². The summed E-state index contributed by atoms with van der Waals surface area (Å²) < 4.78 is 11.5. The van der Waals surface area contributed by atoms with Crippen molar-refractivity contribution in [3.05, 3.63) is 76.4 Å². The van der Waals surface area contributed by atoms with E-state index >= 15 is 0 Å². The average molecular weight is 545 g/mol. The number of nitrogens with one attached hydrogen (secondary N) is 1. The van der Waals surface area contributed by atoms with Crippen LogP contribution < -0.4 is 19.7 Å². The summed E-state index contributed by atoms with van der Waals surface area (Å²) >= 11 is 12.0. The maximum atomic E-state index is 12.8. The number of aromatic nitrogens is 1. The molecule has 1 aliphatic heterocycles. The van der Waals surface area contributed by atoms with Crippen molar-refractivity contribution in [2.24, 2.45) is 0 Å². The lowest BCUT2D eigenvalue weighted by Gasteiger charge is -2.37. The lowest BCUT2D eigenvalue weighted by atomic mass is 10.2. The van der Waals surface area contributed by atoms with Gasteiger partial charge in [-0.25, -0.2) is 4.98 Å². The molecule has 196 valence electrons. The third-order valence-electron chi connectivity index (χ3n) is 5.97. The molecule has 0 radical (unpaired) electrons. The maximum Gasteiger partial charge on any atom is 0.256 e. The van der Waals surface area contributed by atoms with Gasteiger partial charge >= 0.3 is 0 Å². The molecule has 10 heteroatoms. The number of hydrogen-bond acceptors (Lipinski definition) is 7. The van der Waals surface area contributed by atoms with E-state index in [9.17, 15) is 9.90 Å². The van der Waals surface area contributed by atoms with Crippen LogP contribution in [0.4, 0.5) is 5.69 Å². The number of nitrogens with zero attached hydrogens (tertiary/aromatic N) is 3. The number of carbonyl (C=O) groups excluding carboxylic acids is 1. The van der Waals surface area contributed by atoms with E-state index in [1.54, 1.807) is 30.3 Å². The highest BCUT2D eigenvalue weighted by Gasteiger charge is 2.22. The zero-order chi connectivity index (χ0) is 26.2. The highest BCUT2D eigenvalue weighted by molar-refractivity contribution is 6.42. The Balaban J connectivity index is 1.27. The Kier molecular flexibility index (Phi) is 9.46. The minimum Gasteiger partial charge on any atom is -0.492 e. The molecule has 0 spiro atoms. The van der Waals surface area contributed by atoms with E-state index in [1.165, 1.54) is 6.20 Å². The van der Waals surface area contributed by atoms with Crippen molar-refractivity contribution in [3.63, 3.8) is 0 Å². The minimum atomic E-state index is -0.720. The number of hydrogen-bond donors (Lipinski definition) is 2. The summed E-state index contributed by atoms with van der Waals surface area (Å²) in [6, 6.07) is 16.1. The lowest BCUT2D eigenvalue weighted by Crippen LogP contribution is -2.50. The molecule has 1 amide bonds. The first kappa shape index (κ1) is 27.0. The van der Waals surface area contributed by atoms with Gasteiger partial charge in [-0.3, -0.25) is 9.69 Å². The topological polar surface area (TPSA) is 87.2 Å². The number of aliphatic hydroxyl groups is 1. The molecule has 0 bridgehead atoms.